The van der Waals surface area contributed by atoms with E-state index < -0.39 is 0 Å². The normalized spacial score (nSPS) is 11.2. The quantitative estimate of drug-likeness (QED) is 0.365. The second-order valence-electron chi connectivity index (χ2n) is 8.51. The first-order valence-corrected chi connectivity index (χ1v) is 11.2. The first-order chi connectivity index (χ1) is 16.0. The van der Waals surface area contributed by atoms with Gasteiger partial charge in [-0.25, -0.2) is 0 Å². The van der Waals surface area contributed by atoms with E-state index in [0.29, 0.717) is 0 Å². The molecule has 3 aromatic carbocycles. The Balaban J connectivity index is 1.61. The molecule has 33 heavy (non-hydrogen) atoms. The van der Waals surface area contributed by atoms with Gasteiger partial charge in [-0.2, -0.15) is 5.10 Å². The molecule has 2 aromatic heterocycles. The van der Waals surface area contributed by atoms with Crippen LogP contribution >= 0.6 is 0 Å². The van der Waals surface area contributed by atoms with Crippen LogP contribution < -0.4 is 5.32 Å². The Kier molecular flexibility index (Phi) is 5.38. The van der Waals surface area contributed by atoms with Crippen LogP contribution in [0.1, 0.15) is 23.6 Å². The molecule has 0 spiro atoms. The minimum atomic E-state index is -0.117. The van der Waals surface area contributed by atoms with E-state index in [4.69, 9.17) is 5.10 Å². The molecule has 0 aliphatic heterocycles. The predicted octanol–water partition coefficient (Wildman–Crippen LogP) is 6.07. The summed E-state index contributed by atoms with van der Waals surface area (Å²) in [4.78, 5) is 17.6. The maximum atomic E-state index is 13.0. The second-order valence-corrected chi connectivity index (χ2v) is 8.51. The molecular weight excluding hydrogens is 408 g/mol. The van der Waals surface area contributed by atoms with Gasteiger partial charge in [0, 0.05) is 28.2 Å². The number of nitrogens with one attached hydrogen (secondary N) is 1. The third-order valence-corrected chi connectivity index (χ3v) is 5.99. The molecule has 0 bridgehead atoms. The van der Waals surface area contributed by atoms with Gasteiger partial charge in [-0.15, -0.1) is 0 Å². The van der Waals surface area contributed by atoms with Crippen LogP contribution in [0.4, 0.5) is 5.69 Å². The third-order valence-electron chi connectivity index (χ3n) is 5.99. The zero-order valence-electron chi connectivity index (χ0n) is 19.1. The number of hydrogen-bond donors (Lipinski definition) is 1. The summed E-state index contributed by atoms with van der Waals surface area (Å²) in [6, 6.07) is 22.4. The zero-order valence-corrected chi connectivity index (χ0v) is 19.1. The minimum absolute atomic E-state index is 0.116. The van der Waals surface area contributed by atoms with Gasteiger partial charge < -0.3 is 5.32 Å². The summed E-state index contributed by atoms with van der Waals surface area (Å²) in [5, 5.41) is 9.84. The van der Waals surface area contributed by atoms with E-state index in [1.54, 1.807) is 0 Å². The Morgan fingerprint density at radius 2 is 1.64 bits per heavy atom. The number of anilines is 1. The first kappa shape index (κ1) is 20.9. The standard InChI is InChI=1S/C28H26N4O/c1-4-20-8-10-21(11-9-20)27-24-16-29-25-14-7-19(3)15-23(25)28(24)32(31-27)17-26(33)30-22-12-5-18(2)6-13-22/h5-16H,4,17H2,1-3H3,(H,30,33). The Bertz CT molecular complexity index is 1460. The summed E-state index contributed by atoms with van der Waals surface area (Å²) in [5.74, 6) is -0.117. The number of rotatable bonds is 5. The lowest BCUT2D eigenvalue weighted by molar-refractivity contribution is -0.116. The van der Waals surface area contributed by atoms with Gasteiger partial charge in [-0.1, -0.05) is 60.5 Å². The van der Waals surface area contributed by atoms with E-state index in [-0.39, 0.29) is 12.5 Å². The van der Waals surface area contributed by atoms with Gasteiger partial charge in [-0.3, -0.25) is 14.5 Å². The summed E-state index contributed by atoms with van der Waals surface area (Å²) in [6.07, 6.45) is 2.86. The molecule has 164 valence electrons. The molecule has 0 saturated heterocycles. The van der Waals surface area contributed by atoms with Crippen molar-refractivity contribution in [1.29, 1.82) is 0 Å². The minimum Gasteiger partial charge on any atom is -0.324 e. The van der Waals surface area contributed by atoms with Crippen LogP contribution in [0.15, 0.2) is 72.9 Å². The van der Waals surface area contributed by atoms with Gasteiger partial charge in [0.15, 0.2) is 0 Å². The highest BCUT2D eigenvalue weighted by Gasteiger charge is 2.18. The van der Waals surface area contributed by atoms with Gasteiger partial charge in [0.25, 0.3) is 0 Å². The van der Waals surface area contributed by atoms with Crippen LogP contribution in [0.2, 0.25) is 0 Å². The van der Waals surface area contributed by atoms with Gasteiger partial charge in [0.2, 0.25) is 5.91 Å². The lowest BCUT2D eigenvalue weighted by Gasteiger charge is -2.08. The molecule has 1 amide bonds. The molecule has 0 aliphatic rings. The molecule has 0 atom stereocenters. The van der Waals surface area contributed by atoms with Crippen molar-refractivity contribution < 1.29 is 4.79 Å². The Hall–Kier alpha value is -3.99. The molecule has 0 unspecified atom stereocenters. The van der Waals surface area contributed by atoms with Crippen molar-refractivity contribution in [3.8, 4) is 11.3 Å². The Morgan fingerprint density at radius 1 is 0.909 bits per heavy atom. The monoisotopic (exact) mass is 434 g/mol. The molecule has 0 aliphatic carbocycles. The highest BCUT2D eigenvalue weighted by atomic mass is 16.2. The molecule has 0 fully saturated rings. The van der Waals surface area contributed by atoms with Crippen molar-refractivity contribution in [3.63, 3.8) is 0 Å². The molecule has 0 saturated carbocycles. The summed E-state index contributed by atoms with van der Waals surface area (Å²) in [7, 11) is 0. The van der Waals surface area contributed by atoms with Crippen LogP contribution in [0.3, 0.4) is 0 Å². The number of fused-ring (bicyclic) bond motifs is 3. The summed E-state index contributed by atoms with van der Waals surface area (Å²) in [6.45, 7) is 6.35. The highest BCUT2D eigenvalue weighted by Crippen LogP contribution is 2.32. The average Bonchev–Trinajstić information content (AvgIpc) is 3.19. The fraction of sp³-hybridized carbons (Fsp3) is 0.179. The molecule has 1 N–H and O–H groups in total. The third kappa shape index (κ3) is 4.10. The topological polar surface area (TPSA) is 59.8 Å². The zero-order chi connectivity index (χ0) is 22.9. The Labute approximate surface area is 193 Å². The van der Waals surface area contributed by atoms with E-state index in [9.17, 15) is 4.79 Å². The molecule has 5 nitrogen and oxygen atoms in total. The van der Waals surface area contributed by atoms with Crippen LogP contribution in [0.5, 0.6) is 0 Å². The van der Waals surface area contributed by atoms with Crippen LogP contribution in [-0.4, -0.2) is 20.7 Å². The molecule has 5 rings (SSSR count). The number of hydrogen-bond acceptors (Lipinski definition) is 3. The van der Waals surface area contributed by atoms with Crippen molar-refractivity contribution in [1.82, 2.24) is 14.8 Å². The van der Waals surface area contributed by atoms with Crippen molar-refractivity contribution in [2.24, 2.45) is 0 Å². The lowest BCUT2D eigenvalue weighted by atomic mass is 10.0. The smallest absolute Gasteiger partial charge is 0.246 e. The number of pyridine rings is 1. The SMILES string of the molecule is CCc1ccc(-c2nn(CC(=O)Nc3ccc(C)cc3)c3c2cnc2ccc(C)cc23)cc1. The Morgan fingerprint density at radius 3 is 2.36 bits per heavy atom. The molecule has 5 heteroatoms. The second kappa shape index (κ2) is 8.51. The van der Waals surface area contributed by atoms with Crippen LogP contribution in [-0.2, 0) is 17.8 Å². The summed E-state index contributed by atoms with van der Waals surface area (Å²) >= 11 is 0. The summed E-state index contributed by atoms with van der Waals surface area (Å²) in [5.41, 5.74) is 8.02. The molecular formula is C28H26N4O. The number of aryl methyl sites for hydroxylation is 3. The number of benzene rings is 3. The van der Waals surface area contributed by atoms with Crippen molar-refractivity contribution >= 4 is 33.4 Å². The molecule has 5 aromatic rings. The highest BCUT2D eigenvalue weighted by molar-refractivity contribution is 6.08. The number of aromatic nitrogens is 3. The van der Waals surface area contributed by atoms with Gasteiger partial charge in [0.1, 0.15) is 12.2 Å². The predicted molar refractivity (Wildman–Crippen MR) is 134 cm³/mol. The lowest BCUT2D eigenvalue weighted by Crippen LogP contribution is -2.19. The van der Waals surface area contributed by atoms with E-state index in [2.05, 4.69) is 60.5 Å². The fourth-order valence-electron chi connectivity index (χ4n) is 4.17. The number of carbonyl (C=O) groups is 1. The van der Waals surface area contributed by atoms with E-state index in [1.807, 2.05) is 48.1 Å². The molecule has 0 radical (unpaired) electrons. The maximum Gasteiger partial charge on any atom is 0.246 e. The van der Waals surface area contributed by atoms with Crippen LogP contribution in [0, 0.1) is 13.8 Å². The fourth-order valence-corrected chi connectivity index (χ4v) is 4.17. The van der Waals surface area contributed by atoms with Gasteiger partial charge >= 0.3 is 0 Å². The van der Waals surface area contributed by atoms with Gasteiger partial charge in [-0.05, 0) is 50.1 Å². The number of nitrogens with zero attached hydrogens (tertiary/aromatic N) is 3. The van der Waals surface area contributed by atoms with E-state index in [1.165, 1.54) is 5.56 Å². The van der Waals surface area contributed by atoms with Gasteiger partial charge in [0.05, 0.1) is 11.0 Å². The number of amides is 1. The average molecular weight is 435 g/mol. The van der Waals surface area contributed by atoms with Crippen molar-refractivity contribution in [2.75, 3.05) is 5.32 Å². The summed E-state index contributed by atoms with van der Waals surface area (Å²) < 4.78 is 1.81. The molecule has 2 heterocycles. The maximum absolute atomic E-state index is 13.0. The van der Waals surface area contributed by atoms with E-state index in [0.717, 1.165) is 56.3 Å². The van der Waals surface area contributed by atoms with E-state index >= 15 is 0 Å². The van der Waals surface area contributed by atoms with Crippen LogP contribution in [0.25, 0.3) is 33.1 Å². The van der Waals surface area contributed by atoms with Crippen molar-refractivity contribution in [2.45, 2.75) is 33.7 Å². The largest absolute Gasteiger partial charge is 0.324 e. The number of carbonyl (C=O) groups excluding carboxylic acids is 1. The van der Waals surface area contributed by atoms with Crippen molar-refractivity contribution in [3.05, 3.63) is 89.6 Å². The first-order valence-electron chi connectivity index (χ1n) is 11.2.